The zero-order chi connectivity index (χ0) is 17.3. The van der Waals surface area contributed by atoms with Gasteiger partial charge in [0.25, 0.3) is 0 Å². The van der Waals surface area contributed by atoms with Crippen molar-refractivity contribution in [3.05, 3.63) is 53.5 Å². The summed E-state index contributed by atoms with van der Waals surface area (Å²) in [6.45, 7) is 2.51. The van der Waals surface area contributed by atoms with Crippen LogP contribution in [0.15, 0.2) is 42.3 Å². The predicted octanol–water partition coefficient (Wildman–Crippen LogP) is 5.99. The molecular formula is C24H26N2. The van der Waals surface area contributed by atoms with Crippen LogP contribution in [0.2, 0.25) is 0 Å². The maximum atomic E-state index is 4.44. The standard InChI is InChI=1S/C24H26N2/c1-15(16-5-6-16)18-9-10-22-19(13-18)8-7-17-3-2-4-20-21-14-25-12-11-23(21)26(22)24(17)20/h3,7-8,11-12,14-16,18H,2,4-6,9-10,13H2,1H3. The molecule has 2 unspecified atom stereocenters. The molecule has 1 fully saturated rings. The monoisotopic (exact) mass is 342 g/mol. The summed E-state index contributed by atoms with van der Waals surface area (Å²) < 4.78 is 2.60. The summed E-state index contributed by atoms with van der Waals surface area (Å²) >= 11 is 0. The highest BCUT2D eigenvalue weighted by molar-refractivity contribution is 5.96. The highest BCUT2D eigenvalue weighted by Gasteiger charge is 2.36. The van der Waals surface area contributed by atoms with E-state index in [4.69, 9.17) is 0 Å². The molecule has 0 radical (unpaired) electrons. The van der Waals surface area contributed by atoms with E-state index < -0.39 is 0 Å². The topological polar surface area (TPSA) is 17.8 Å². The Balaban J connectivity index is 1.54. The number of pyridine rings is 1. The minimum Gasteiger partial charge on any atom is -0.312 e. The van der Waals surface area contributed by atoms with Crippen molar-refractivity contribution >= 4 is 22.2 Å². The molecule has 2 atom stereocenters. The zero-order valence-corrected chi connectivity index (χ0v) is 15.5. The van der Waals surface area contributed by atoms with Gasteiger partial charge in [0, 0.05) is 23.5 Å². The quantitative estimate of drug-likeness (QED) is 0.655. The van der Waals surface area contributed by atoms with Gasteiger partial charge in [-0.2, -0.15) is 0 Å². The van der Waals surface area contributed by atoms with E-state index in [0.717, 1.165) is 30.6 Å². The van der Waals surface area contributed by atoms with Crippen molar-refractivity contribution in [3.8, 4) is 0 Å². The van der Waals surface area contributed by atoms with Gasteiger partial charge in [-0.05, 0) is 85.5 Å². The number of nitrogens with zero attached hydrogens (tertiary/aromatic N) is 2. The van der Waals surface area contributed by atoms with Crippen LogP contribution in [-0.4, -0.2) is 9.55 Å². The van der Waals surface area contributed by atoms with E-state index in [9.17, 15) is 0 Å². The second kappa shape index (κ2) is 5.45. The zero-order valence-electron chi connectivity index (χ0n) is 15.5. The summed E-state index contributed by atoms with van der Waals surface area (Å²) in [6.07, 6.45) is 20.4. The van der Waals surface area contributed by atoms with E-state index in [1.54, 1.807) is 11.3 Å². The van der Waals surface area contributed by atoms with E-state index >= 15 is 0 Å². The van der Waals surface area contributed by atoms with Crippen LogP contribution in [-0.2, 0) is 6.42 Å². The number of hydrogen-bond donors (Lipinski definition) is 0. The summed E-state index contributed by atoms with van der Waals surface area (Å²) in [6, 6.07) is 2.22. The summed E-state index contributed by atoms with van der Waals surface area (Å²) in [7, 11) is 0. The van der Waals surface area contributed by atoms with Gasteiger partial charge in [-0.1, -0.05) is 25.2 Å². The van der Waals surface area contributed by atoms with E-state index in [2.05, 4.69) is 47.0 Å². The first-order valence-electron chi connectivity index (χ1n) is 10.4. The van der Waals surface area contributed by atoms with E-state index in [1.165, 1.54) is 59.8 Å². The average molecular weight is 342 g/mol. The van der Waals surface area contributed by atoms with Gasteiger partial charge in [0.2, 0.25) is 0 Å². The molecule has 2 aromatic heterocycles. The van der Waals surface area contributed by atoms with Crippen molar-refractivity contribution in [1.29, 1.82) is 0 Å². The van der Waals surface area contributed by atoms with Crippen molar-refractivity contribution < 1.29 is 0 Å². The molecule has 132 valence electrons. The van der Waals surface area contributed by atoms with Crippen molar-refractivity contribution in [2.24, 2.45) is 17.8 Å². The van der Waals surface area contributed by atoms with Crippen molar-refractivity contribution in [1.82, 2.24) is 9.55 Å². The van der Waals surface area contributed by atoms with Crippen LogP contribution in [0.3, 0.4) is 0 Å². The average Bonchev–Trinajstić information content (AvgIpc) is 3.49. The Bertz CT molecular complexity index is 997. The van der Waals surface area contributed by atoms with Gasteiger partial charge < -0.3 is 4.57 Å². The summed E-state index contributed by atoms with van der Waals surface area (Å²) in [5.41, 5.74) is 8.89. The fourth-order valence-electron chi connectivity index (χ4n) is 5.70. The Morgan fingerprint density at radius 3 is 2.92 bits per heavy atom. The fourth-order valence-corrected chi connectivity index (χ4v) is 5.70. The summed E-state index contributed by atoms with van der Waals surface area (Å²) in [4.78, 5) is 4.44. The molecule has 0 aromatic carbocycles. The first kappa shape index (κ1) is 15.0. The third kappa shape index (κ3) is 2.08. The number of fused-ring (bicyclic) bond motifs is 4. The molecule has 0 bridgehead atoms. The molecule has 0 saturated heterocycles. The molecule has 4 aliphatic rings. The van der Waals surface area contributed by atoms with Crippen LogP contribution in [0.5, 0.6) is 0 Å². The third-order valence-electron chi connectivity index (χ3n) is 7.35. The molecule has 0 amide bonds. The Labute approximate surface area is 155 Å². The number of aryl methyl sites for hydroxylation is 1. The molecule has 2 heteroatoms. The second-order valence-electron chi connectivity index (χ2n) is 8.76. The number of rotatable bonds is 2. The van der Waals surface area contributed by atoms with Crippen LogP contribution in [0.1, 0.15) is 56.7 Å². The lowest BCUT2D eigenvalue weighted by Gasteiger charge is -2.31. The number of allylic oxidation sites excluding steroid dienone is 6. The SMILES string of the molecule is CC(C1CC1)C1CCC2=C(C=CC3=CCCc4c3n2c2ccncc42)C1. The third-order valence-corrected chi connectivity index (χ3v) is 7.35. The van der Waals surface area contributed by atoms with E-state index in [0.29, 0.717) is 0 Å². The Morgan fingerprint density at radius 1 is 1.12 bits per heavy atom. The molecule has 0 spiro atoms. The van der Waals surface area contributed by atoms with Crippen LogP contribution in [0.25, 0.3) is 22.2 Å². The van der Waals surface area contributed by atoms with Gasteiger partial charge in [-0.3, -0.25) is 4.98 Å². The molecule has 2 nitrogen and oxygen atoms in total. The van der Waals surface area contributed by atoms with Crippen LogP contribution in [0.4, 0.5) is 0 Å². The molecule has 0 N–H and O–H groups in total. The molecular weight excluding hydrogens is 316 g/mol. The highest BCUT2D eigenvalue weighted by atomic mass is 15.0. The van der Waals surface area contributed by atoms with Crippen molar-refractivity contribution in [2.45, 2.75) is 51.9 Å². The Morgan fingerprint density at radius 2 is 2.04 bits per heavy atom. The number of hydrogen-bond acceptors (Lipinski definition) is 1. The molecule has 26 heavy (non-hydrogen) atoms. The lowest BCUT2D eigenvalue weighted by Crippen LogP contribution is -2.20. The smallest absolute Gasteiger partial charge is 0.0567 e. The van der Waals surface area contributed by atoms with Gasteiger partial charge >= 0.3 is 0 Å². The maximum Gasteiger partial charge on any atom is 0.0567 e. The lowest BCUT2D eigenvalue weighted by molar-refractivity contribution is 0.295. The minimum atomic E-state index is 0.868. The first-order valence-corrected chi connectivity index (χ1v) is 10.4. The van der Waals surface area contributed by atoms with Gasteiger partial charge in [-0.15, -0.1) is 0 Å². The Hall–Kier alpha value is -2.09. The van der Waals surface area contributed by atoms with E-state index in [1.807, 2.05) is 6.20 Å². The van der Waals surface area contributed by atoms with Crippen LogP contribution >= 0.6 is 0 Å². The van der Waals surface area contributed by atoms with Gasteiger partial charge in [-0.25, -0.2) is 0 Å². The molecule has 3 aliphatic carbocycles. The van der Waals surface area contributed by atoms with Gasteiger partial charge in [0.15, 0.2) is 0 Å². The van der Waals surface area contributed by atoms with Crippen LogP contribution in [0, 0.1) is 17.8 Å². The highest BCUT2D eigenvalue weighted by Crippen LogP contribution is 2.49. The van der Waals surface area contributed by atoms with Crippen molar-refractivity contribution in [2.75, 3.05) is 0 Å². The molecule has 2 aromatic rings. The van der Waals surface area contributed by atoms with Gasteiger partial charge in [0.05, 0.1) is 11.2 Å². The maximum absolute atomic E-state index is 4.44. The lowest BCUT2D eigenvalue weighted by atomic mass is 9.77. The minimum absolute atomic E-state index is 0.868. The van der Waals surface area contributed by atoms with Gasteiger partial charge in [0.1, 0.15) is 0 Å². The normalized spacial score (nSPS) is 25.6. The van der Waals surface area contributed by atoms with E-state index in [-0.39, 0.29) is 0 Å². The molecule has 1 saturated carbocycles. The molecule has 1 aliphatic heterocycles. The number of aromatic nitrogens is 2. The van der Waals surface area contributed by atoms with Crippen molar-refractivity contribution in [3.63, 3.8) is 0 Å². The summed E-state index contributed by atoms with van der Waals surface area (Å²) in [5.74, 6) is 2.77. The fraction of sp³-hybridized carbons (Fsp3) is 0.458. The first-order chi connectivity index (χ1) is 12.8. The molecule has 3 heterocycles. The molecule has 6 rings (SSSR count). The predicted molar refractivity (Wildman–Crippen MR) is 108 cm³/mol. The van der Waals surface area contributed by atoms with Crippen LogP contribution < -0.4 is 0 Å². The largest absolute Gasteiger partial charge is 0.312 e. The summed E-state index contributed by atoms with van der Waals surface area (Å²) in [5, 5.41) is 1.36. The Kier molecular flexibility index (Phi) is 3.15. The second-order valence-corrected chi connectivity index (χ2v) is 8.76.